The van der Waals surface area contributed by atoms with Gasteiger partial charge in [-0.2, -0.15) is 0 Å². The predicted octanol–water partition coefficient (Wildman–Crippen LogP) is 3.38. The molecule has 0 bridgehead atoms. The molecule has 0 aliphatic heterocycles. The van der Waals surface area contributed by atoms with Gasteiger partial charge in [0.25, 0.3) is 5.91 Å². The number of aryl methyl sites for hydroxylation is 2. The van der Waals surface area contributed by atoms with Crippen molar-refractivity contribution in [3.8, 4) is 0 Å². The monoisotopic (exact) mass is 368 g/mol. The summed E-state index contributed by atoms with van der Waals surface area (Å²) in [6, 6.07) is 6.21. The number of hydrogen-bond donors (Lipinski definition) is 2. The minimum Gasteiger partial charge on any atom is -0.446 e. The summed E-state index contributed by atoms with van der Waals surface area (Å²) < 4.78 is 5.44. The zero-order chi connectivity index (χ0) is 19.0. The van der Waals surface area contributed by atoms with Crippen molar-refractivity contribution < 1.29 is 14.0 Å². The molecule has 0 saturated heterocycles. The van der Waals surface area contributed by atoms with E-state index in [0.29, 0.717) is 5.89 Å². The lowest BCUT2D eigenvalue weighted by molar-refractivity contribution is 0.0946. The van der Waals surface area contributed by atoms with Gasteiger partial charge in [-0.25, -0.2) is 9.78 Å². The average molecular weight is 368 g/mol. The molecule has 2 aromatic rings. The first-order valence-electron chi connectivity index (χ1n) is 9.40. The van der Waals surface area contributed by atoms with Crippen LogP contribution in [-0.2, 0) is 6.54 Å². The highest BCUT2D eigenvalue weighted by Gasteiger charge is 2.34. The standard InChI is InChI=1S/C20H24N4O3/c1-12-3-8-16(13(2)9-12)23-20(26)24(15-6-7-15)10-18-22-17(11-27-18)19(25)21-14-4-5-14/h3,8-9,11,14-15H,4-7,10H2,1-2H3,(H,21,25)(H,23,26). The van der Waals surface area contributed by atoms with Gasteiger partial charge in [0.05, 0.1) is 6.54 Å². The highest BCUT2D eigenvalue weighted by Crippen LogP contribution is 2.29. The molecule has 27 heavy (non-hydrogen) atoms. The summed E-state index contributed by atoms with van der Waals surface area (Å²) in [4.78, 5) is 30.8. The molecule has 1 aromatic heterocycles. The van der Waals surface area contributed by atoms with E-state index < -0.39 is 0 Å². The molecule has 2 fully saturated rings. The molecular formula is C20H24N4O3. The molecule has 0 spiro atoms. The van der Waals surface area contributed by atoms with Gasteiger partial charge in [0.15, 0.2) is 5.69 Å². The number of carbonyl (C=O) groups is 2. The van der Waals surface area contributed by atoms with Crippen molar-refractivity contribution in [1.29, 1.82) is 0 Å². The summed E-state index contributed by atoms with van der Waals surface area (Å²) in [5.74, 6) is 0.156. The summed E-state index contributed by atoms with van der Waals surface area (Å²) in [6.07, 6.45) is 5.33. The molecular weight excluding hydrogens is 344 g/mol. The fourth-order valence-corrected chi connectivity index (χ4v) is 3.01. The molecule has 2 aliphatic rings. The van der Waals surface area contributed by atoms with Crippen LogP contribution >= 0.6 is 0 Å². The van der Waals surface area contributed by atoms with Crippen LogP contribution in [0.15, 0.2) is 28.9 Å². The number of rotatable bonds is 6. The van der Waals surface area contributed by atoms with Crippen LogP contribution in [-0.4, -0.2) is 33.9 Å². The lowest BCUT2D eigenvalue weighted by Crippen LogP contribution is -2.36. The molecule has 2 saturated carbocycles. The van der Waals surface area contributed by atoms with Crippen LogP contribution in [0.1, 0.15) is 53.2 Å². The number of anilines is 1. The molecule has 1 heterocycles. The van der Waals surface area contributed by atoms with Crippen LogP contribution in [0.5, 0.6) is 0 Å². The molecule has 1 aromatic carbocycles. The van der Waals surface area contributed by atoms with E-state index in [1.165, 1.54) is 6.26 Å². The van der Waals surface area contributed by atoms with Crippen molar-refractivity contribution in [3.05, 3.63) is 47.2 Å². The van der Waals surface area contributed by atoms with Crippen LogP contribution in [0.25, 0.3) is 0 Å². The Bertz CT molecular complexity index is 868. The van der Waals surface area contributed by atoms with Crippen LogP contribution in [0, 0.1) is 13.8 Å². The first-order valence-corrected chi connectivity index (χ1v) is 9.40. The van der Waals surface area contributed by atoms with Crippen molar-refractivity contribution in [2.45, 2.75) is 58.2 Å². The Kier molecular flexibility index (Phi) is 4.59. The number of oxazole rings is 1. The highest BCUT2D eigenvalue weighted by atomic mass is 16.3. The molecule has 0 atom stereocenters. The number of nitrogens with one attached hydrogen (secondary N) is 2. The van der Waals surface area contributed by atoms with Crippen LogP contribution in [0.3, 0.4) is 0 Å². The second kappa shape index (κ2) is 7.06. The zero-order valence-corrected chi connectivity index (χ0v) is 15.6. The summed E-state index contributed by atoms with van der Waals surface area (Å²) in [5, 5.41) is 5.87. The van der Waals surface area contributed by atoms with Crippen molar-refractivity contribution in [2.75, 3.05) is 5.32 Å². The second-order valence-electron chi connectivity index (χ2n) is 7.48. The average Bonchev–Trinajstić information content (AvgIpc) is 3.56. The van der Waals surface area contributed by atoms with Gasteiger partial charge in [0.2, 0.25) is 5.89 Å². The normalized spacial score (nSPS) is 16.1. The molecule has 0 radical (unpaired) electrons. The Morgan fingerprint density at radius 3 is 2.67 bits per heavy atom. The minimum atomic E-state index is -0.217. The van der Waals surface area contributed by atoms with Crippen molar-refractivity contribution in [1.82, 2.24) is 15.2 Å². The van der Waals surface area contributed by atoms with Gasteiger partial charge in [0.1, 0.15) is 6.26 Å². The van der Waals surface area contributed by atoms with Crippen molar-refractivity contribution in [3.63, 3.8) is 0 Å². The fourth-order valence-electron chi connectivity index (χ4n) is 3.01. The smallest absolute Gasteiger partial charge is 0.322 e. The van der Waals surface area contributed by atoms with E-state index >= 15 is 0 Å². The third-order valence-electron chi connectivity index (χ3n) is 4.87. The van der Waals surface area contributed by atoms with Crippen molar-refractivity contribution in [2.24, 2.45) is 0 Å². The Morgan fingerprint density at radius 1 is 1.22 bits per heavy atom. The van der Waals surface area contributed by atoms with Gasteiger partial charge in [-0.3, -0.25) is 4.79 Å². The molecule has 2 N–H and O–H groups in total. The molecule has 0 unspecified atom stereocenters. The largest absolute Gasteiger partial charge is 0.446 e. The predicted molar refractivity (Wildman–Crippen MR) is 100 cm³/mol. The minimum absolute atomic E-state index is 0.174. The maximum absolute atomic E-state index is 12.8. The third kappa shape index (κ3) is 4.30. The lowest BCUT2D eigenvalue weighted by Gasteiger charge is -2.22. The molecule has 4 rings (SSSR count). The third-order valence-corrected chi connectivity index (χ3v) is 4.87. The second-order valence-corrected chi connectivity index (χ2v) is 7.48. The SMILES string of the molecule is Cc1ccc(NC(=O)N(Cc2nc(C(=O)NC3CC3)co2)C2CC2)c(C)c1. The molecule has 3 amide bonds. The summed E-state index contributed by atoms with van der Waals surface area (Å²) in [6.45, 7) is 4.25. The van der Waals surface area contributed by atoms with E-state index in [1.54, 1.807) is 4.90 Å². The van der Waals surface area contributed by atoms with E-state index in [4.69, 9.17) is 4.42 Å². The number of benzene rings is 1. The van der Waals surface area contributed by atoms with E-state index in [0.717, 1.165) is 42.5 Å². The summed E-state index contributed by atoms with van der Waals surface area (Å²) >= 11 is 0. The fraction of sp³-hybridized carbons (Fsp3) is 0.450. The molecule has 7 nitrogen and oxygen atoms in total. The summed E-state index contributed by atoms with van der Waals surface area (Å²) in [5.41, 5.74) is 3.24. The Morgan fingerprint density at radius 2 is 2.00 bits per heavy atom. The number of urea groups is 1. The Balaban J connectivity index is 1.42. The number of hydrogen-bond acceptors (Lipinski definition) is 4. The first kappa shape index (κ1) is 17.6. The van der Waals surface area contributed by atoms with Crippen LogP contribution < -0.4 is 10.6 Å². The van der Waals surface area contributed by atoms with Gasteiger partial charge in [-0.05, 0) is 51.2 Å². The maximum atomic E-state index is 12.8. The van der Waals surface area contributed by atoms with Crippen LogP contribution in [0.4, 0.5) is 10.5 Å². The lowest BCUT2D eigenvalue weighted by atomic mass is 10.1. The number of amides is 3. The zero-order valence-electron chi connectivity index (χ0n) is 15.6. The number of nitrogens with zero attached hydrogens (tertiary/aromatic N) is 2. The van der Waals surface area contributed by atoms with Gasteiger partial charge < -0.3 is 20.0 Å². The van der Waals surface area contributed by atoms with E-state index in [9.17, 15) is 9.59 Å². The van der Waals surface area contributed by atoms with Gasteiger partial charge >= 0.3 is 6.03 Å². The van der Waals surface area contributed by atoms with Gasteiger partial charge in [-0.15, -0.1) is 0 Å². The molecule has 2 aliphatic carbocycles. The molecule has 7 heteroatoms. The van der Waals surface area contributed by atoms with E-state index in [1.807, 2.05) is 32.0 Å². The van der Waals surface area contributed by atoms with E-state index in [-0.39, 0.29) is 36.3 Å². The van der Waals surface area contributed by atoms with Crippen molar-refractivity contribution >= 4 is 17.6 Å². The number of aromatic nitrogens is 1. The maximum Gasteiger partial charge on any atom is 0.322 e. The van der Waals surface area contributed by atoms with E-state index in [2.05, 4.69) is 15.6 Å². The Hall–Kier alpha value is -2.83. The van der Waals surface area contributed by atoms with Gasteiger partial charge in [0, 0.05) is 17.8 Å². The molecule has 142 valence electrons. The topological polar surface area (TPSA) is 87.5 Å². The first-order chi connectivity index (χ1) is 13.0. The van der Waals surface area contributed by atoms with Crippen LogP contribution in [0.2, 0.25) is 0 Å². The quantitative estimate of drug-likeness (QED) is 0.818. The summed E-state index contributed by atoms with van der Waals surface area (Å²) in [7, 11) is 0. The Labute approximate surface area is 158 Å². The highest BCUT2D eigenvalue weighted by molar-refractivity contribution is 5.92. The number of carbonyl (C=O) groups excluding carboxylic acids is 2. The van der Waals surface area contributed by atoms with Gasteiger partial charge in [-0.1, -0.05) is 17.7 Å².